The van der Waals surface area contributed by atoms with E-state index in [2.05, 4.69) is 11.3 Å². The lowest BCUT2D eigenvalue weighted by molar-refractivity contribution is -0.143. The van der Waals surface area contributed by atoms with Crippen LogP contribution in [0.5, 0.6) is 0 Å². The molecule has 0 bridgehead atoms. The van der Waals surface area contributed by atoms with E-state index in [4.69, 9.17) is 0 Å². The van der Waals surface area contributed by atoms with Gasteiger partial charge in [-0.25, -0.2) is 4.79 Å². The molecule has 0 radical (unpaired) electrons. The van der Waals surface area contributed by atoms with Gasteiger partial charge >= 0.3 is 18.3 Å². The van der Waals surface area contributed by atoms with E-state index in [-0.39, 0.29) is 12.7 Å². The standard InChI is InChI=1S/C12H8F6O2/c1-2-3-20-10(19)7-4-8(11(13,14)15)6-9(5-7)12(16,17)18/h2,4-6H,1,3H2. The number of hydrogen-bond acceptors (Lipinski definition) is 2. The van der Waals surface area contributed by atoms with Gasteiger partial charge in [0.25, 0.3) is 0 Å². The average molecular weight is 298 g/mol. The number of halogens is 6. The number of alkyl halides is 6. The molecule has 1 rings (SSSR count). The number of esters is 1. The lowest BCUT2D eigenvalue weighted by Gasteiger charge is -2.13. The highest BCUT2D eigenvalue weighted by Gasteiger charge is 2.37. The number of hydrogen-bond donors (Lipinski definition) is 0. The van der Waals surface area contributed by atoms with Gasteiger partial charge in [-0.05, 0) is 18.2 Å². The van der Waals surface area contributed by atoms with Gasteiger partial charge in [-0.15, -0.1) is 0 Å². The van der Waals surface area contributed by atoms with Crippen molar-refractivity contribution in [2.24, 2.45) is 0 Å². The summed E-state index contributed by atoms with van der Waals surface area (Å²) in [7, 11) is 0. The molecule has 0 saturated carbocycles. The fraction of sp³-hybridized carbons (Fsp3) is 0.250. The molecule has 0 aliphatic carbocycles. The first-order valence-corrected chi connectivity index (χ1v) is 5.13. The molecule has 0 saturated heterocycles. The molecule has 0 atom stereocenters. The van der Waals surface area contributed by atoms with E-state index >= 15 is 0 Å². The maximum atomic E-state index is 12.5. The van der Waals surface area contributed by atoms with Gasteiger partial charge in [0, 0.05) is 0 Å². The molecule has 1 aromatic carbocycles. The zero-order valence-electron chi connectivity index (χ0n) is 9.81. The summed E-state index contributed by atoms with van der Waals surface area (Å²) in [6.07, 6.45) is -8.88. The molecule has 1 aromatic rings. The average Bonchev–Trinajstić information content (AvgIpc) is 2.33. The third kappa shape index (κ3) is 4.01. The van der Waals surface area contributed by atoms with Gasteiger partial charge in [-0.1, -0.05) is 12.7 Å². The van der Waals surface area contributed by atoms with E-state index in [0.717, 1.165) is 6.08 Å². The first-order chi connectivity index (χ1) is 9.05. The van der Waals surface area contributed by atoms with Crippen LogP contribution in [0.3, 0.4) is 0 Å². The summed E-state index contributed by atoms with van der Waals surface area (Å²) < 4.78 is 79.5. The summed E-state index contributed by atoms with van der Waals surface area (Å²) in [6.45, 7) is 2.88. The highest BCUT2D eigenvalue weighted by molar-refractivity contribution is 5.90. The van der Waals surface area contributed by atoms with Gasteiger partial charge in [0.05, 0.1) is 16.7 Å². The summed E-state index contributed by atoms with van der Waals surface area (Å²) in [4.78, 5) is 11.4. The fourth-order valence-electron chi connectivity index (χ4n) is 1.29. The van der Waals surface area contributed by atoms with Crippen LogP contribution in [0.25, 0.3) is 0 Å². The van der Waals surface area contributed by atoms with E-state index in [1.807, 2.05) is 0 Å². The van der Waals surface area contributed by atoms with Gasteiger partial charge in [0.15, 0.2) is 0 Å². The van der Waals surface area contributed by atoms with E-state index in [1.165, 1.54) is 0 Å². The summed E-state index contributed by atoms with van der Waals surface area (Å²) in [5, 5.41) is 0. The maximum absolute atomic E-state index is 12.5. The molecule has 110 valence electrons. The Kier molecular flexibility index (Phi) is 4.46. The normalized spacial score (nSPS) is 12.1. The largest absolute Gasteiger partial charge is 0.458 e. The highest BCUT2D eigenvalue weighted by atomic mass is 19.4. The van der Waals surface area contributed by atoms with E-state index < -0.39 is 35.0 Å². The highest BCUT2D eigenvalue weighted by Crippen LogP contribution is 2.36. The third-order valence-corrected chi connectivity index (χ3v) is 2.16. The van der Waals surface area contributed by atoms with Gasteiger partial charge < -0.3 is 4.74 Å². The van der Waals surface area contributed by atoms with Crippen molar-refractivity contribution in [3.63, 3.8) is 0 Å². The molecular formula is C12H8F6O2. The molecule has 0 fully saturated rings. The van der Waals surface area contributed by atoms with Crippen molar-refractivity contribution in [1.29, 1.82) is 0 Å². The Bertz CT molecular complexity index is 483. The molecule has 0 aromatic heterocycles. The first-order valence-electron chi connectivity index (χ1n) is 5.13. The molecule has 0 spiro atoms. The molecule has 0 unspecified atom stereocenters. The van der Waals surface area contributed by atoms with Crippen molar-refractivity contribution in [3.05, 3.63) is 47.5 Å². The molecule has 20 heavy (non-hydrogen) atoms. The second kappa shape index (κ2) is 5.56. The molecule has 0 heterocycles. The summed E-state index contributed by atoms with van der Waals surface area (Å²) in [6, 6.07) is 0.547. The first kappa shape index (κ1) is 16.1. The molecular weight excluding hydrogens is 290 g/mol. The number of ether oxygens (including phenoxy) is 1. The zero-order chi connectivity index (χ0) is 15.6. The lowest BCUT2D eigenvalue weighted by Crippen LogP contribution is -2.14. The molecule has 0 aliphatic rings. The third-order valence-electron chi connectivity index (χ3n) is 2.16. The van der Waals surface area contributed by atoms with Crippen LogP contribution < -0.4 is 0 Å². The Morgan fingerprint density at radius 3 is 1.85 bits per heavy atom. The van der Waals surface area contributed by atoms with Gasteiger partial charge in [-0.3, -0.25) is 0 Å². The predicted molar refractivity (Wildman–Crippen MR) is 56.9 cm³/mol. The van der Waals surface area contributed by atoms with Crippen molar-refractivity contribution in [3.8, 4) is 0 Å². The number of rotatable bonds is 3. The minimum Gasteiger partial charge on any atom is -0.458 e. The number of carbonyl (C=O) groups is 1. The zero-order valence-corrected chi connectivity index (χ0v) is 9.81. The van der Waals surface area contributed by atoms with Crippen LogP contribution >= 0.6 is 0 Å². The Morgan fingerprint density at radius 1 is 1.05 bits per heavy atom. The van der Waals surface area contributed by atoms with Gasteiger partial charge in [-0.2, -0.15) is 26.3 Å². The van der Waals surface area contributed by atoms with Crippen molar-refractivity contribution in [2.45, 2.75) is 12.4 Å². The quantitative estimate of drug-likeness (QED) is 0.478. The maximum Gasteiger partial charge on any atom is 0.416 e. The van der Waals surface area contributed by atoms with E-state index in [0.29, 0.717) is 12.1 Å². The number of benzene rings is 1. The molecule has 0 amide bonds. The summed E-state index contributed by atoms with van der Waals surface area (Å²) in [5.41, 5.74) is -3.97. The minimum atomic E-state index is -5.01. The van der Waals surface area contributed by atoms with Crippen molar-refractivity contribution < 1.29 is 35.9 Å². The topological polar surface area (TPSA) is 26.3 Å². The smallest absolute Gasteiger partial charge is 0.416 e. The minimum absolute atomic E-state index is 0.0652. The van der Waals surface area contributed by atoms with Crippen LogP contribution in [0, 0.1) is 0 Å². The second-order valence-corrected chi connectivity index (χ2v) is 3.68. The predicted octanol–water partition coefficient (Wildman–Crippen LogP) is 4.07. The Morgan fingerprint density at radius 2 is 1.50 bits per heavy atom. The SMILES string of the molecule is C=CCOC(=O)c1cc(C(F)(F)F)cc(C(F)(F)F)c1. The Balaban J connectivity index is 3.31. The second-order valence-electron chi connectivity index (χ2n) is 3.68. The van der Waals surface area contributed by atoms with Gasteiger partial charge in [0.1, 0.15) is 6.61 Å². The molecule has 0 N–H and O–H groups in total. The van der Waals surface area contributed by atoms with Crippen LogP contribution in [-0.2, 0) is 17.1 Å². The van der Waals surface area contributed by atoms with Crippen LogP contribution in [0.15, 0.2) is 30.9 Å². The van der Waals surface area contributed by atoms with E-state index in [9.17, 15) is 31.1 Å². The van der Waals surface area contributed by atoms with Crippen LogP contribution in [0.4, 0.5) is 26.3 Å². The Labute approximate surface area is 109 Å². The van der Waals surface area contributed by atoms with Crippen molar-refractivity contribution in [1.82, 2.24) is 0 Å². The Hall–Kier alpha value is -1.99. The number of carbonyl (C=O) groups excluding carboxylic acids is 1. The van der Waals surface area contributed by atoms with Crippen molar-refractivity contribution >= 4 is 5.97 Å². The summed E-state index contributed by atoms with van der Waals surface area (Å²) >= 11 is 0. The molecule has 8 heteroatoms. The monoisotopic (exact) mass is 298 g/mol. The van der Waals surface area contributed by atoms with Gasteiger partial charge in [0.2, 0.25) is 0 Å². The van der Waals surface area contributed by atoms with Crippen LogP contribution in [0.2, 0.25) is 0 Å². The fourth-order valence-corrected chi connectivity index (χ4v) is 1.29. The summed E-state index contributed by atoms with van der Waals surface area (Å²) in [5.74, 6) is -1.29. The van der Waals surface area contributed by atoms with Crippen LogP contribution in [-0.4, -0.2) is 12.6 Å². The lowest BCUT2D eigenvalue weighted by atomic mass is 10.0. The van der Waals surface area contributed by atoms with Crippen molar-refractivity contribution in [2.75, 3.05) is 6.61 Å². The molecule has 0 aliphatic heterocycles. The van der Waals surface area contributed by atoms with Crippen LogP contribution in [0.1, 0.15) is 21.5 Å². The van der Waals surface area contributed by atoms with E-state index in [1.54, 1.807) is 0 Å². The molecule has 2 nitrogen and oxygen atoms in total.